The van der Waals surface area contributed by atoms with Gasteiger partial charge in [-0.25, -0.2) is 0 Å². The molecule has 0 spiro atoms. The average molecular weight is 268 g/mol. The first-order valence-electron chi connectivity index (χ1n) is 7.08. The van der Waals surface area contributed by atoms with E-state index in [1.807, 2.05) is 44.2 Å². The molecular weight excluding hydrogens is 248 g/mol. The van der Waals surface area contributed by atoms with Crippen LogP contribution in [0.2, 0.25) is 0 Å². The molecule has 1 aliphatic carbocycles. The van der Waals surface area contributed by atoms with Crippen molar-refractivity contribution in [3.63, 3.8) is 0 Å². The minimum atomic E-state index is 0.581. The first-order chi connectivity index (χ1) is 9.83. The maximum absolute atomic E-state index is 5.72. The van der Waals surface area contributed by atoms with E-state index in [2.05, 4.69) is 29.3 Å². The van der Waals surface area contributed by atoms with Crippen molar-refractivity contribution < 1.29 is 4.42 Å². The van der Waals surface area contributed by atoms with Crippen molar-refractivity contribution in [3.8, 4) is 11.5 Å². The first-order valence-corrected chi connectivity index (χ1v) is 7.08. The third-order valence-electron chi connectivity index (χ3n) is 3.08. The van der Waals surface area contributed by atoms with Gasteiger partial charge in [0.15, 0.2) is 0 Å². The molecule has 0 N–H and O–H groups in total. The van der Waals surface area contributed by atoms with Crippen molar-refractivity contribution in [1.82, 2.24) is 10.2 Å². The lowest BCUT2D eigenvalue weighted by molar-refractivity contribution is 0.549. The lowest BCUT2D eigenvalue weighted by Gasteiger charge is -2.07. The van der Waals surface area contributed by atoms with Gasteiger partial charge in [0.25, 0.3) is 0 Å². The molecule has 3 nitrogen and oxygen atoms in total. The van der Waals surface area contributed by atoms with Gasteiger partial charge in [-0.2, -0.15) is 0 Å². The zero-order valence-corrected chi connectivity index (χ0v) is 12.3. The summed E-state index contributed by atoms with van der Waals surface area (Å²) >= 11 is 0. The zero-order chi connectivity index (χ0) is 14.4. The summed E-state index contributed by atoms with van der Waals surface area (Å²) in [4.78, 5) is 0. The topological polar surface area (TPSA) is 38.9 Å². The van der Waals surface area contributed by atoms with Gasteiger partial charge in [-0.3, -0.25) is 0 Å². The van der Waals surface area contributed by atoms with Gasteiger partial charge in [-0.1, -0.05) is 49.8 Å². The fourth-order valence-corrected chi connectivity index (χ4v) is 1.97. The van der Waals surface area contributed by atoms with Crippen LogP contribution in [0.15, 0.2) is 52.5 Å². The number of aromatic nitrogens is 2. The molecule has 0 bridgehead atoms. The van der Waals surface area contributed by atoms with Crippen LogP contribution in [-0.2, 0) is 0 Å². The predicted molar refractivity (Wildman–Crippen MR) is 82.1 cm³/mol. The molecule has 104 valence electrons. The maximum atomic E-state index is 5.72. The Morgan fingerprint density at radius 2 is 1.60 bits per heavy atom. The van der Waals surface area contributed by atoms with Gasteiger partial charge in [0, 0.05) is 11.1 Å². The summed E-state index contributed by atoms with van der Waals surface area (Å²) in [7, 11) is 0. The molecule has 0 unspecified atom stereocenters. The average Bonchev–Trinajstić information content (AvgIpc) is 3.01. The number of rotatable bonds is 2. The zero-order valence-electron chi connectivity index (χ0n) is 12.3. The summed E-state index contributed by atoms with van der Waals surface area (Å²) in [6.45, 7) is 6.14. The van der Waals surface area contributed by atoms with E-state index < -0.39 is 0 Å². The van der Waals surface area contributed by atoms with Crippen LogP contribution in [0, 0.1) is 0 Å². The van der Waals surface area contributed by atoms with E-state index in [9.17, 15) is 0 Å². The molecule has 3 heteroatoms. The first kappa shape index (κ1) is 14.3. The summed E-state index contributed by atoms with van der Waals surface area (Å²) in [5, 5.41) is 8.23. The van der Waals surface area contributed by atoms with Crippen LogP contribution in [0.1, 0.15) is 39.5 Å². The summed E-state index contributed by atoms with van der Waals surface area (Å²) in [5.41, 5.74) is 3.47. The summed E-state index contributed by atoms with van der Waals surface area (Å²) < 4.78 is 5.72. The fraction of sp³-hybridized carbons (Fsp3) is 0.294. The molecule has 0 fully saturated rings. The Labute approximate surface area is 120 Å². The van der Waals surface area contributed by atoms with Crippen molar-refractivity contribution in [1.29, 1.82) is 0 Å². The van der Waals surface area contributed by atoms with E-state index in [0.29, 0.717) is 11.8 Å². The van der Waals surface area contributed by atoms with Gasteiger partial charge < -0.3 is 4.42 Å². The third kappa shape index (κ3) is 3.23. The third-order valence-corrected chi connectivity index (χ3v) is 3.08. The molecule has 0 aliphatic heterocycles. The summed E-state index contributed by atoms with van der Waals surface area (Å²) in [5.74, 6) is 1.22. The molecule has 0 atom stereocenters. The predicted octanol–water partition coefficient (Wildman–Crippen LogP) is 4.89. The molecular formula is C17H20N2O. The largest absolute Gasteiger partial charge is 0.416 e. The number of nitrogens with zero attached hydrogens (tertiary/aromatic N) is 2. The molecule has 3 rings (SSSR count). The molecule has 0 saturated carbocycles. The fourth-order valence-electron chi connectivity index (χ4n) is 1.97. The number of benzene rings is 1. The molecule has 0 radical (unpaired) electrons. The van der Waals surface area contributed by atoms with Crippen LogP contribution in [0.4, 0.5) is 0 Å². The van der Waals surface area contributed by atoms with Crippen LogP contribution >= 0.6 is 0 Å². The van der Waals surface area contributed by atoms with Crippen LogP contribution in [0.5, 0.6) is 0 Å². The van der Waals surface area contributed by atoms with Crippen LogP contribution in [0.3, 0.4) is 0 Å². The van der Waals surface area contributed by atoms with Crippen molar-refractivity contribution in [2.24, 2.45) is 0 Å². The summed E-state index contributed by atoms with van der Waals surface area (Å²) in [6.07, 6.45) is 6.22. The Hall–Kier alpha value is -2.16. The van der Waals surface area contributed by atoms with Gasteiger partial charge in [-0.15, -0.1) is 10.2 Å². The van der Waals surface area contributed by atoms with E-state index in [1.165, 1.54) is 5.57 Å². The SMILES string of the molecule is CC.CC1=CC=C(c2nnc(-c3ccccc3)o2)CC1. The molecule has 20 heavy (non-hydrogen) atoms. The Kier molecular flexibility index (Phi) is 4.88. The highest BCUT2D eigenvalue weighted by atomic mass is 16.4. The Bertz CT molecular complexity index is 609. The van der Waals surface area contributed by atoms with Gasteiger partial charge >= 0.3 is 0 Å². The maximum Gasteiger partial charge on any atom is 0.248 e. The Balaban J connectivity index is 0.000000704. The number of hydrogen-bond acceptors (Lipinski definition) is 3. The second-order valence-electron chi connectivity index (χ2n) is 4.48. The van der Waals surface area contributed by atoms with Crippen molar-refractivity contribution >= 4 is 5.57 Å². The molecule has 0 saturated heterocycles. The summed E-state index contributed by atoms with van der Waals surface area (Å²) in [6, 6.07) is 9.83. The Morgan fingerprint density at radius 1 is 0.900 bits per heavy atom. The van der Waals surface area contributed by atoms with E-state index in [4.69, 9.17) is 4.42 Å². The smallest absolute Gasteiger partial charge is 0.248 e. The van der Waals surface area contributed by atoms with Crippen molar-refractivity contribution in [2.45, 2.75) is 33.6 Å². The molecule has 2 aromatic rings. The minimum absolute atomic E-state index is 0.581. The van der Waals surface area contributed by atoms with Crippen LogP contribution in [-0.4, -0.2) is 10.2 Å². The lowest BCUT2D eigenvalue weighted by Crippen LogP contribution is -1.91. The van der Waals surface area contributed by atoms with E-state index >= 15 is 0 Å². The highest BCUT2D eigenvalue weighted by Crippen LogP contribution is 2.27. The second-order valence-corrected chi connectivity index (χ2v) is 4.48. The molecule has 1 aliphatic rings. The van der Waals surface area contributed by atoms with Gasteiger partial charge in [-0.05, 0) is 31.9 Å². The highest BCUT2D eigenvalue weighted by molar-refractivity contribution is 5.63. The molecule has 1 aromatic carbocycles. The molecule has 1 aromatic heterocycles. The number of allylic oxidation sites excluding steroid dienone is 4. The van der Waals surface area contributed by atoms with Gasteiger partial charge in [0.2, 0.25) is 11.8 Å². The van der Waals surface area contributed by atoms with Gasteiger partial charge in [0.1, 0.15) is 0 Å². The minimum Gasteiger partial charge on any atom is -0.416 e. The van der Waals surface area contributed by atoms with E-state index in [1.54, 1.807) is 0 Å². The Morgan fingerprint density at radius 3 is 2.25 bits per heavy atom. The second kappa shape index (κ2) is 6.85. The van der Waals surface area contributed by atoms with E-state index in [-0.39, 0.29) is 0 Å². The normalized spacial score (nSPS) is 13.9. The van der Waals surface area contributed by atoms with Crippen LogP contribution < -0.4 is 0 Å². The van der Waals surface area contributed by atoms with Crippen molar-refractivity contribution in [2.75, 3.05) is 0 Å². The lowest BCUT2D eigenvalue weighted by atomic mass is 10.00. The van der Waals surface area contributed by atoms with Crippen molar-refractivity contribution in [3.05, 3.63) is 53.9 Å². The number of hydrogen-bond donors (Lipinski definition) is 0. The quantitative estimate of drug-likeness (QED) is 0.778. The highest BCUT2D eigenvalue weighted by Gasteiger charge is 2.13. The molecule has 0 amide bonds. The van der Waals surface area contributed by atoms with E-state index in [0.717, 1.165) is 24.0 Å². The standard InChI is InChI=1S/C15H14N2O.C2H6/c1-11-7-9-13(10-8-11)15-17-16-14(18-15)12-5-3-2-4-6-12;1-2/h2-7,9H,8,10H2,1H3;1-2H3. The van der Waals surface area contributed by atoms with Gasteiger partial charge in [0.05, 0.1) is 0 Å². The monoisotopic (exact) mass is 268 g/mol. The van der Waals surface area contributed by atoms with Crippen LogP contribution in [0.25, 0.3) is 17.0 Å². The molecule has 1 heterocycles.